The summed E-state index contributed by atoms with van der Waals surface area (Å²) in [5, 5.41) is 2.68. The highest BCUT2D eigenvalue weighted by Crippen LogP contribution is 2.21. The van der Waals surface area contributed by atoms with Gasteiger partial charge in [-0.25, -0.2) is 17.2 Å². The Hall–Kier alpha value is -2.68. The van der Waals surface area contributed by atoms with E-state index in [1.165, 1.54) is 7.11 Å². The van der Waals surface area contributed by atoms with Crippen molar-refractivity contribution in [3.63, 3.8) is 0 Å². The molecule has 0 fully saturated rings. The van der Waals surface area contributed by atoms with Crippen LogP contribution in [-0.4, -0.2) is 34.2 Å². The SMILES string of the molecule is COc1ccc([C@H](C)NC(=O)CN(c2ccc(F)c(F)c2)S(C)(=O)=O)cc1. The molecule has 6 nitrogen and oxygen atoms in total. The third kappa shape index (κ3) is 5.40. The topological polar surface area (TPSA) is 75.7 Å². The Bertz CT molecular complexity index is 917. The number of anilines is 1. The van der Waals surface area contributed by atoms with E-state index in [9.17, 15) is 22.0 Å². The quantitative estimate of drug-likeness (QED) is 0.778. The second kappa shape index (κ2) is 8.34. The van der Waals surface area contributed by atoms with Gasteiger partial charge >= 0.3 is 0 Å². The van der Waals surface area contributed by atoms with E-state index in [0.29, 0.717) is 10.1 Å². The number of rotatable bonds is 7. The average molecular weight is 398 g/mol. The van der Waals surface area contributed by atoms with Crippen molar-refractivity contribution < 1.29 is 26.7 Å². The van der Waals surface area contributed by atoms with E-state index in [1.807, 2.05) is 0 Å². The molecule has 0 aliphatic heterocycles. The van der Waals surface area contributed by atoms with Crippen molar-refractivity contribution in [3.8, 4) is 5.75 Å². The number of hydrogen-bond donors (Lipinski definition) is 1. The minimum atomic E-state index is -3.89. The first-order valence-electron chi connectivity index (χ1n) is 7.98. The number of sulfonamides is 1. The first-order chi connectivity index (χ1) is 12.6. The Morgan fingerprint density at radius 1 is 1.15 bits per heavy atom. The number of hydrogen-bond acceptors (Lipinski definition) is 4. The minimum absolute atomic E-state index is 0.136. The van der Waals surface area contributed by atoms with Crippen LogP contribution in [0.25, 0.3) is 0 Å². The molecule has 1 atom stereocenters. The van der Waals surface area contributed by atoms with Crippen LogP contribution in [-0.2, 0) is 14.8 Å². The van der Waals surface area contributed by atoms with Gasteiger partial charge in [-0.3, -0.25) is 9.10 Å². The summed E-state index contributed by atoms with van der Waals surface area (Å²) in [5.41, 5.74) is 0.659. The zero-order valence-corrected chi connectivity index (χ0v) is 15.9. The number of benzene rings is 2. The van der Waals surface area contributed by atoms with Crippen LogP contribution in [0.4, 0.5) is 14.5 Å². The molecule has 0 radical (unpaired) electrons. The summed E-state index contributed by atoms with van der Waals surface area (Å²) >= 11 is 0. The first-order valence-corrected chi connectivity index (χ1v) is 9.82. The number of ether oxygens (including phenoxy) is 1. The first kappa shape index (κ1) is 20.6. The summed E-state index contributed by atoms with van der Waals surface area (Å²) in [6.07, 6.45) is 0.883. The van der Waals surface area contributed by atoms with Gasteiger partial charge in [-0.15, -0.1) is 0 Å². The smallest absolute Gasteiger partial charge is 0.241 e. The number of carbonyl (C=O) groups is 1. The van der Waals surface area contributed by atoms with Gasteiger partial charge < -0.3 is 10.1 Å². The number of carbonyl (C=O) groups excluding carboxylic acids is 1. The highest BCUT2D eigenvalue weighted by Gasteiger charge is 2.23. The van der Waals surface area contributed by atoms with E-state index in [-0.39, 0.29) is 5.69 Å². The van der Waals surface area contributed by atoms with Gasteiger partial charge in [0, 0.05) is 6.07 Å². The van der Waals surface area contributed by atoms with E-state index >= 15 is 0 Å². The molecule has 0 bridgehead atoms. The molecular formula is C18H20F2N2O4S. The van der Waals surface area contributed by atoms with Gasteiger partial charge in [0.1, 0.15) is 12.3 Å². The van der Waals surface area contributed by atoms with Crippen LogP contribution in [0.2, 0.25) is 0 Å². The molecular weight excluding hydrogens is 378 g/mol. The van der Waals surface area contributed by atoms with E-state index in [2.05, 4.69) is 5.32 Å². The average Bonchev–Trinajstić information content (AvgIpc) is 2.61. The van der Waals surface area contributed by atoms with E-state index in [1.54, 1.807) is 31.2 Å². The lowest BCUT2D eigenvalue weighted by molar-refractivity contribution is -0.120. The van der Waals surface area contributed by atoms with Crippen molar-refractivity contribution in [3.05, 3.63) is 59.7 Å². The summed E-state index contributed by atoms with van der Waals surface area (Å²) in [6, 6.07) is 9.26. The summed E-state index contributed by atoms with van der Waals surface area (Å²) in [5.74, 6) is -2.23. The van der Waals surface area contributed by atoms with Crippen molar-refractivity contribution in [2.75, 3.05) is 24.2 Å². The fourth-order valence-corrected chi connectivity index (χ4v) is 3.28. The lowest BCUT2D eigenvalue weighted by Gasteiger charge is -2.23. The van der Waals surface area contributed by atoms with Crippen molar-refractivity contribution in [1.82, 2.24) is 5.32 Å². The van der Waals surface area contributed by atoms with Gasteiger partial charge in [0.15, 0.2) is 11.6 Å². The van der Waals surface area contributed by atoms with E-state index in [4.69, 9.17) is 4.74 Å². The Kier molecular flexibility index (Phi) is 6.37. The van der Waals surface area contributed by atoms with Gasteiger partial charge in [-0.2, -0.15) is 0 Å². The standard InChI is InChI=1S/C18H20F2N2O4S/c1-12(13-4-7-15(26-2)8-5-13)21-18(23)11-22(27(3,24)25)14-6-9-16(19)17(20)10-14/h4-10,12H,11H2,1-3H3,(H,21,23)/t12-/m0/s1. The zero-order chi connectivity index (χ0) is 20.2. The maximum Gasteiger partial charge on any atom is 0.241 e. The third-order valence-electron chi connectivity index (χ3n) is 3.87. The van der Waals surface area contributed by atoms with Crippen molar-refractivity contribution >= 4 is 21.6 Å². The lowest BCUT2D eigenvalue weighted by Crippen LogP contribution is -2.41. The summed E-state index contributed by atoms with van der Waals surface area (Å²) in [4.78, 5) is 12.3. The molecule has 2 rings (SSSR count). The molecule has 27 heavy (non-hydrogen) atoms. The molecule has 9 heteroatoms. The number of amides is 1. The van der Waals surface area contributed by atoms with Crippen LogP contribution in [0.15, 0.2) is 42.5 Å². The molecule has 0 spiro atoms. The Morgan fingerprint density at radius 3 is 2.30 bits per heavy atom. The minimum Gasteiger partial charge on any atom is -0.497 e. The maximum atomic E-state index is 13.5. The van der Waals surface area contributed by atoms with Gasteiger partial charge in [0.05, 0.1) is 25.1 Å². The Balaban J connectivity index is 2.14. The van der Waals surface area contributed by atoms with E-state index < -0.39 is 40.2 Å². The fourth-order valence-electron chi connectivity index (χ4n) is 2.43. The predicted octanol–water partition coefficient (Wildman–Crippen LogP) is 2.62. The summed E-state index contributed by atoms with van der Waals surface area (Å²) < 4.78 is 56.3. The van der Waals surface area contributed by atoms with Gasteiger partial charge in [-0.1, -0.05) is 12.1 Å². The molecule has 0 saturated carbocycles. The van der Waals surface area contributed by atoms with Crippen molar-refractivity contribution in [2.24, 2.45) is 0 Å². The molecule has 1 N–H and O–H groups in total. The summed E-state index contributed by atoms with van der Waals surface area (Å²) in [6.45, 7) is 1.17. The predicted molar refractivity (Wildman–Crippen MR) is 98.1 cm³/mol. The molecule has 2 aromatic carbocycles. The Labute approximate surface area is 156 Å². The van der Waals surface area contributed by atoms with Crippen LogP contribution in [0, 0.1) is 11.6 Å². The lowest BCUT2D eigenvalue weighted by atomic mass is 10.1. The van der Waals surface area contributed by atoms with Crippen LogP contribution >= 0.6 is 0 Å². The largest absolute Gasteiger partial charge is 0.497 e. The van der Waals surface area contributed by atoms with Gasteiger partial charge in [-0.05, 0) is 36.8 Å². The summed E-state index contributed by atoms with van der Waals surface area (Å²) in [7, 11) is -2.35. The molecule has 0 aliphatic carbocycles. The molecule has 0 saturated heterocycles. The molecule has 0 aliphatic rings. The van der Waals surface area contributed by atoms with Crippen molar-refractivity contribution in [2.45, 2.75) is 13.0 Å². The molecule has 0 heterocycles. The van der Waals surface area contributed by atoms with Crippen LogP contribution in [0.1, 0.15) is 18.5 Å². The van der Waals surface area contributed by atoms with Crippen LogP contribution in [0.3, 0.4) is 0 Å². The maximum absolute atomic E-state index is 13.5. The number of methoxy groups -OCH3 is 1. The molecule has 0 aromatic heterocycles. The number of nitrogens with one attached hydrogen (secondary N) is 1. The Morgan fingerprint density at radius 2 is 1.78 bits per heavy atom. The molecule has 0 unspecified atom stereocenters. The fraction of sp³-hybridized carbons (Fsp3) is 0.278. The third-order valence-corrected chi connectivity index (χ3v) is 5.01. The second-order valence-electron chi connectivity index (χ2n) is 5.93. The number of halogens is 2. The van der Waals surface area contributed by atoms with E-state index in [0.717, 1.165) is 30.0 Å². The van der Waals surface area contributed by atoms with Crippen molar-refractivity contribution in [1.29, 1.82) is 0 Å². The highest BCUT2D eigenvalue weighted by atomic mass is 32.2. The van der Waals surface area contributed by atoms with Gasteiger partial charge in [0.2, 0.25) is 15.9 Å². The van der Waals surface area contributed by atoms with Gasteiger partial charge in [0.25, 0.3) is 0 Å². The number of nitrogens with zero attached hydrogens (tertiary/aromatic N) is 1. The normalized spacial score (nSPS) is 12.3. The monoisotopic (exact) mass is 398 g/mol. The molecule has 1 amide bonds. The molecule has 2 aromatic rings. The molecule has 146 valence electrons. The van der Waals surface area contributed by atoms with Crippen LogP contribution in [0.5, 0.6) is 5.75 Å². The van der Waals surface area contributed by atoms with Crippen LogP contribution < -0.4 is 14.4 Å². The highest BCUT2D eigenvalue weighted by molar-refractivity contribution is 7.92. The second-order valence-corrected chi connectivity index (χ2v) is 7.84. The zero-order valence-electron chi connectivity index (χ0n) is 15.1.